The maximum Gasteiger partial charge on any atom is 0.202 e. The Balaban J connectivity index is 1.57. The predicted molar refractivity (Wildman–Crippen MR) is 81.0 cm³/mol. The number of ether oxygens (including phenoxy) is 1. The third kappa shape index (κ3) is 2.33. The Hall–Kier alpha value is -1.84. The third-order valence-corrected chi connectivity index (χ3v) is 4.62. The van der Waals surface area contributed by atoms with Gasteiger partial charge in [-0.15, -0.1) is 0 Å². The Morgan fingerprint density at radius 3 is 2.62 bits per heavy atom. The number of aliphatic hydroxyl groups excluding tert-OH is 1. The summed E-state index contributed by atoms with van der Waals surface area (Å²) in [5.74, 6) is 1.38. The van der Waals surface area contributed by atoms with E-state index in [1.165, 1.54) is 11.1 Å². The molecule has 21 heavy (non-hydrogen) atoms. The minimum atomic E-state index is -0.689. The summed E-state index contributed by atoms with van der Waals surface area (Å²) in [4.78, 5) is 2.42. The fourth-order valence-electron chi connectivity index (χ4n) is 3.61. The molecule has 1 saturated heterocycles. The lowest BCUT2D eigenvalue weighted by molar-refractivity contribution is -0.0739. The van der Waals surface area contributed by atoms with E-state index in [9.17, 15) is 5.11 Å². The minimum Gasteiger partial charge on any atom is -0.464 e. The van der Waals surface area contributed by atoms with Gasteiger partial charge in [0, 0.05) is 31.5 Å². The zero-order valence-corrected chi connectivity index (χ0v) is 11.9. The molecule has 1 fully saturated rings. The fraction of sp³-hybridized carbons (Fsp3) is 0.333. The Labute approximate surface area is 124 Å². The van der Waals surface area contributed by atoms with Crippen LogP contribution in [0.3, 0.4) is 0 Å². The molecule has 3 nitrogen and oxygen atoms in total. The molecule has 4 rings (SSSR count). The summed E-state index contributed by atoms with van der Waals surface area (Å²) in [6, 6.07) is 18.6. The normalized spacial score (nSPS) is 27.8. The van der Waals surface area contributed by atoms with Gasteiger partial charge in [0.25, 0.3) is 0 Å². The number of likely N-dealkylation sites (tertiary alicyclic amines) is 1. The molecule has 2 aliphatic rings. The Kier molecular flexibility index (Phi) is 3.17. The number of nitrogens with zero attached hydrogens (tertiary/aromatic N) is 1. The second-order valence-corrected chi connectivity index (χ2v) is 6.00. The van der Waals surface area contributed by atoms with Gasteiger partial charge >= 0.3 is 0 Å². The van der Waals surface area contributed by atoms with Crippen molar-refractivity contribution in [1.82, 2.24) is 4.90 Å². The fourth-order valence-corrected chi connectivity index (χ4v) is 3.61. The molecule has 0 amide bonds. The average molecular weight is 281 g/mol. The van der Waals surface area contributed by atoms with Gasteiger partial charge in [-0.25, -0.2) is 0 Å². The summed E-state index contributed by atoms with van der Waals surface area (Å²) in [7, 11) is 0. The van der Waals surface area contributed by atoms with Gasteiger partial charge in [-0.3, -0.25) is 4.90 Å². The largest absolute Gasteiger partial charge is 0.464 e. The van der Waals surface area contributed by atoms with Crippen molar-refractivity contribution >= 4 is 0 Å². The molecule has 3 unspecified atom stereocenters. The second-order valence-electron chi connectivity index (χ2n) is 6.00. The summed E-state index contributed by atoms with van der Waals surface area (Å²) in [5.41, 5.74) is 2.56. The molecule has 0 aromatic heterocycles. The van der Waals surface area contributed by atoms with Crippen LogP contribution in [0.2, 0.25) is 0 Å². The minimum absolute atomic E-state index is 0.170. The number of benzene rings is 2. The van der Waals surface area contributed by atoms with E-state index in [1.54, 1.807) is 0 Å². The summed E-state index contributed by atoms with van der Waals surface area (Å²) < 4.78 is 5.67. The zero-order chi connectivity index (χ0) is 14.2. The van der Waals surface area contributed by atoms with Crippen LogP contribution in [0, 0.1) is 5.92 Å². The van der Waals surface area contributed by atoms with Crippen LogP contribution in [0.4, 0.5) is 0 Å². The van der Waals surface area contributed by atoms with Crippen molar-refractivity contribution in [2.45, 2.75) is 18.8 Å². The molecule has 0 saturated carbocycles. The van der Waals surface area contributed by atoms with Gasteiger partial charge in [0.2, 0.25) is 6.29 Å². The number of aliphatic hydroxyl groups is 1. The van der Waals surface area contributed by atoms with E-state index in [-0.39, 0.29) is 5.92 Å². The van der Waals surface area contributed by atoms with E-state index < -0.39 is 6.29 Å². The second kappa shape index (κ2) is 5.17. The lowest BCUT2D eigenvalue weighted by Gasteiger charge is -2.31. The molecule has 0 bridgehead atoms. The van der Waals surface area contributed by atoms with Crippen molar-refractivity contribution in [1.29, 1.82) is 0 Å². The first-order valence-corrected chi connectivity index (χ1v) is 7.51. The van der Waals surface area contributed by atoms with Crippen molar-refractivity contribution in [3.05, 3.63) is 65.7 Å². The van der Waals surface area contributed by atoms with Gasteiger partial charge in [-0.1, -0.05) is 48.5 Å². The molecule has 1 N–H and O–H groups in total. The lowest BCUT2D eigenvalue weighted by Crippen LogP contribution is -2.35. The number of hydrogen-bond donors (Lipinski definition) is 1. The number of rotatable bonds is 2. The quantitative estimate of drug-likeness (QED) is 0.918. The van der Waals surface area contributed by atoms with Crippen LogP contribution in [-0.2, 0) is 6.54 Å². The van der Waals surface area contributed by atoms with Crippen LogP contribution in [0.25, 0.3) is 0 Å². The SMILES string of the molecule is OC1Oc2ccccc2C2CN(Cc3ccccc3)CC12. The standard InChI is InChI=1S/C18H19NO2/c20-18-16-12-19(10-13-6-2-1-3-7-13)11-15(16)14-8-4-5-9-17(14)21-18/h1-9,15-16,18,20H,10-12H2. The first kappa shape index (κ1) is 12.9. The van der Waals surface area contributed by atoms with Gasteiger partial charge in [-0.2, -0.15) is 0 Å². The zero-order valence-electron chi connectivity index (χ0n) is 11.9. The Morgan fingerprint density at radius 2 is 1.76 bits per heavy atom. The predicted octanol–water partition coefficient (Wildman–Crippen LogP) is 2.61. The molecular formula is C18H19NO2. The summed E-state index contributed by atoms with van der Waals surface area (Å²) in [6.07, 6.45) is -0.689. The van der Waals surface area contributed by atoms with Gasteiger partial charge in [0.15, 0.2) is 0 Å². The van der Waals surface area contributed by atoms with Crippen LogP contribution in [-0.4, -0.2) is 29.4 Å². The van der Waals surface area contributed by atoms with Crippen molar-refractivity contribution in [3.8, 4) is 5.75 Å². The number of para-hydroxylation sites is 1. The monoisotopic (exact) mass is 281 g/mol. The first-order valence-electron chi connectivity index (χ1n) is 7.51. The molecule has 0 radical (unpaired) electrons. The van der Waals surface area contributed by atoms with Crippen LogP contribution in [0.1, 0.15) is 17.0 Å². The number of fused-ring (bicyclic) bond motifs is 3. The van der Waals surface area contributed by atoms with Crippen molar-refractivity contribution in [2.24, 2.45) is 5.92 Å². The van der Waals surface area contributed by atoms with Gasteiger partial charge in [0.05, 0.1) is 0 Å². The van der Waals surface area contributed by atoms with E-state index in [1.807, 2.05) is 18.2 Å². The van der Waals surface area contributed by atoms with Crippen LogP contribution in [0.15, 0.2) is 54.6 Å². The van der Waals surface area contributed by atoms with E-state index >= 15 is 0 Å². The molecule has 3 heteroatoms. The maximum atomic E-state index is 10.3. The molecule has 2 aromatic rings. The van der Waals surface area contributed by atoms with Crippen molar-refractivity contribution < 1.29 is 9.84 Å². The Morgan fingerprint density at radius 1 is 1.00 bits per heavy atom. The van der Waals surface area contributed by atoms with Crippen LogP contribution in [0.5, 0.6) is 5.75 Å². The van der Waals surface area contributed by atoms with Crippen LogP contribution < -0.4 is 4.74 Å². The van der Waals surface area contributed by atoms with Crippen molar-refractivity contribution in [2.75, 3.05) is 13.1 Å². The molecule has 0 aliphatic carbocycles. The first-order chi connectivity index (χ1) is 10.3. The van der Waals surface area contributed by atoms with Gasteiger partial charge < -0.3 is 9.84 Å². The lowest BCUT2D eigenvalue weighted by atomic mass is 9.86. The van der Waals surface area contributed by atoms with Gasteiger partial charge in [-0.05, 0) is 17.2 Å². The molecule has 2 aromatic carbocycles. The van der Waals surface area contributed by atoms with Gasteiger partial charge in [0.1, 0.15) is 5.75 Å². The summed E-state index contributed by atoms with van der Waals surface area (Å²) >= 11 is 0. The topological polar surface area (TPSA) is 32.7 Å². The molecule has 3 atom stereocenters. The highest BCUT2D eigenvalue weighted by atomic mass is 16.6. The third-order valence-electron chi connectivity index (χ3n) is 4.62. The molecular weight excluding hydrogens is 262 g/mol. The molecule has 2 heterocycles. The highest BCUT2D eigenvalue weighted by Crippen LogP contribution is 2.43. The van der Waals surface area contributed by atoms with E-state index in [4.69, 9.17) is 4.74 Å². The summed E-state index contributed by atoms with van der Waals surface area (Å²) in [6.45, 7) is 2.80. The van der Waals surface area contributed by atoms with E-state index in [0.29, 0.717) is 5.92 Å². The van der Waals surface area contributed by atoms with E-state index in [0.717, 1.165) is 25.4 Å². The Bertz CT molecular complexity index is 628. The maximum absolute atomic E-state index is 10.3. The summed E-state index contributed by atoms with van der Waals surface area (Å²) in [5, 5.41) is 10.3. The van der Waals surface area contributed by atoms with Crippen LogP contribution >= 0.6 is 0 Å². The average Bonchev–Trinajstić information content (AvgIpc) is 2.93. The highest BCUT2D eigenvalue weighted by molar-refractivity contribution is 5.40. The smallest absolute Gasteiger partial charge is 0.202 e. The van der Waals surface area contributed by atoms with E-state index in [2.05, 4.69) is 41.3 Å². The highest BCUT2D eigenvalue weighted by Gasteiger charge is 2.43. The molecule has 0 spiro atoms. The van der Waals surface area contributed by atoms with Crippen molar-refractivity contribution in [3.63, 3.8) is 0 Å². The number of hydrogen-bond acceptors (Lipinski definition) is 3. The molecule has 2 aliphatic heterocycles. The molecule has 108 valence electrons.